The first-order chi connectivity index (χ1) is 16.5. The fourth-order valence-corrected chi connectivity index (χ4v) is 4.14. The molecule has 34 heavy (non-hydrogen) atoms. The number of amides is 1. The Hall–Kier alpha value is -3.68. The predicted octanol–water partition coefficient (Wildman–Crippen LogP) is 4.54. The molecule has 1 aromatic carbocycles. The number of piperidine rings is 1. The van der Waals surface area contributed by atoms with Gasteiger partial charge in [0.2, 0.25) is 0 Å². The zero-order chi connectivity index (χ0) is 24.1. The van der Waals surface area contributed by atoms with Gasteiger partial charge >= 0.3 is 0 Å². The van der Waals surface area contributed by atoms with Crippen LogP contribution in [0.3, 0.4) is 0 Å². The molecule has 3 aromatic rings. The molecule has 0 bridgehead atoms. The standard InChI is InChI=1S/C26H28FN3O4/c1-17-12-23(32-2)21(14-28-17)19-8-10-30(11-9-19)26(31)22-13-24(33-3)25(15-29-22)34-16-18-4-6-20(27)7-5-18/h4-7,12-15,19H,8-11,16H2,1-3H3. The molecular weight excluding hydrogens is 437 g/mol. The van der Waals surface area contributed by atoms with Gasteiger partial charge in [-0.2, -0.15) is 0 Å². The van der Waals surface area contributed by atoms with Gasteiger partial charge in [-0.25, -0.2) is 9.37 Å². The lowest BCUT2D eigenvalue weighted by molar-refractivity contribution is 0.0706. The van der Waals surface area contributed by atoms with Crippen molar-refractivity contribution in [2.24, 2.45) is 0 Å². The van der Waals surface area contributed by atoms with E-state index in [2.05, 4.69) is 9.97 Å². The maximum Gasteiger partial charge on any atom is 0.272 e. The predicted molar refractivity (Wildman–Crippen MR) is 125 cm³/mol. The van der Waals surface area contributed by atoms with Gasteiger partial charge in [-0.1, -0.05) is 12.1 Å². The van der Waals surface area contributed by atoms with E-state index in [9.17, 15) is 9.18 Å². The summed E-state index contributed by atoms with van der Waals surface area (Å²) in [5.41, 5.74) is 3.12. The Morgan fingerprint density at radius 2 is 1.71 bits per heavy atom. The van der Waals surface area contributed by atoms with Gasteiger partial charge < -0.3 is 19.1 Å². The summed E-state index contributed by atoms with van der Waals surface area (Å²) in [7, 11) is 3.19. The van der Waals surface area contributed by atoms with Crippen molar-refractivity contribution in [2.75, 3.05) is 27.3 Å². The molecule has 7 nitrogen and oxygen atoms in total. The van der Waals surface area contributed by atoms with Crippen molar-refractivity contribution in [3.8, 4) is 17.2 Å². The Morgan fingerprint density at radius 3 is 2.38 bits per heavy atom. The molecule has 2 aromatic heterocycles. The van der Waals surface area contributed by atoms with Crippen LogP contribution >= 0.6 is 0 Å². The van der Waals surface area contributed by atoms with E-state index in [1.807, 2.05) is 24.1 Å². The van der Waals surface area contributed by atoms with Crippen LogP contribution in [-0.2, 0) is 6.61 Å². The number of aryl methyl sites for hydroxylation is 1. The second-order valence-electron chi connectivity index (χ2n) is 8.27. The number of methoxy groups -OCH3 is 2. The van der Waals surface area contributed by atoms with Gasteiger partial charge in [0, 0.05) is 42.7 Å². The molecule has 3 heterocycles. The quantitative estimate of drug-likeness (QED) is 0.510. The van der Waals surface area contributed by atoms with Crippen LogP contribution in [0.4, 0.5) is 4.39 Å². The topological polar surface area (TPSA) is 73.8 Å². The van der Waals surface area contributed by atoms with Crippen molar-refractivity contribution in [1.82, 2.24) is 14.9 Å². The van der Waals surface area contributed by atoms with Crippen molar-refractivity contribution in [2.45, 2.75) is 32.3 Å². The number of nitrogens with zero attached hydrogens (tertiary/aromatic N) is 3. The zero-order valence-electron chi connectivity index (χ0n) is 19.6. The van der Waals surface area contributed by atoms with E-state index in [4.69, 9.17) is 14.2 Å². The summed E-state index contributed by atoms with van der Waals surface area (Å²) in [5, 5.41) is 0. The molecule has 0 spiro atoms. The molecule has 0 unspecified atom stereocenters. The molecule has 1 aliphatic heterocycles. The molecule has 0 N–H and O–H groups in total. The molecule has 178 valence electrons. The monoisotopic (exact) mass is 465 g/mol. The van der Waals surface area contributed by atoms with Gasteiger partial charge in [0.05, 0.1) is 20.4 Å². The van der Waals surface area contributed by atoms with Crippen molar-refractivity contribution in [3.05, 3.63) is 77.1 Å². The van der Waals surface area contributed by atoms with Gasteiger partial charge in [0.15, 0.2) is 11.5 Å². The molecule has 1 amide bonds. The second kappa shape index (κ2) is 10.5. The number of hydrogen-bond donors (Lipinski definition) is 0. The fraction of sp³-hybridized carbons (Fsp3) is 0.346. The highest BCUT2D eigenvalue weighted by atomic mass is 19.1. The van der Waals surface area contributed by atoms with E-state index in [1.165, 1.54) is 25.4 Å². The van der Waals surface area contributed by atoms with Crippen LogP contribution in [0.5, 0.6) is 17.2 Å². The van der Waals surface area contributed by atoms with Gasteiger partial charge in [0.25, 0.3) is 5.91 Å². The number of aromatic nitrogens is 2. The highest BCUT2D eigenvalue weighted by Crippen LogP contribution is 2.35. The minimum Gasteiger partial charge on any atom is -0.496 e. The van der Waals surface area contributed by atoms with Crippen LogP contribution in [0.15, 0.2) is 48.8 Å². The maximum atomic E-state index is 13.1. The van der Waals surface area contributed by atoms with Crippen LogP contribution in [0.25, 0.3) is 0 Å². The van der Waals surface area contributed by atoms with E-state index in [-0.39, 0.29) is 24.2 Å². The smallest absolute Gasteiger partial charge is 0.272 e. The number of carbonyl (C=O) groups is 1. The van der Waals surface area contributed by atoms with Crippen LogP contribution in [-0.4, -0.2) is 48.1 Å². The molecule has 0 atom stereocenters. The van der Waals surface area contributed by atoms with E-state index in [1.54, 1.807) is 25.3 Å². The Labute approximate surface area is 198 Å². The lowest BCUT2D eigenvalue weighted by Crippen LogP contribution is -2.38. The Kier molecular flexibility index (Phi) is 7.25. The molecule has 4 rings (SSSR count). The second-order valence-corrected chi connectivity index (χ2v) is 8.27. The number of halogens is 1. The van der Waals surface area contributed by atoms with Crippen LogP contribution in [0.1, 0.15) is 46.1 Å². The van der Waals surface area contributed by atoms with Crippen molar-refractivity contribution >= 4 is 5.91 Å². The number of ether oxygens (including phenoxy) is 3. The largest absolute Gasteiger partial charge is 0.496 e. The Bertz CT molecular complexity index is 1150. The van der Waals surface area contributed by atoms with E-state index in [0.717, 1.165) is 35.4 Å². The summed E-state index contributed by atoms with van der Waals surface area (Å²) in [4.78, 5) is 23.6. The average molecular weight is 466 g/mol. The van der Waals surface area contributed by atoms with Gasteiger partial charge in [-0.05, 0) is 43.4 Å². The van der Waals surface area contributed by atoms with Crippen molar-refractivity contribution in [3.63, 3.8) is 0 Å². The van der Waals surface area contributed by atoms with E-state index >= 15 is 0 Å². The first-order valence-electron chi connectivity index (χ1n) is 11.2. The molecule has 1 saturated heterocycles. The number of pyridine rings is 2. The third-order valence-corrected chi connectivity index (χ3v) is 6.05. The van der Waals surface area contributed by atoms with Gasteiger partial charge in [-0.15, -0.1) is 0 Å². The lowest BCUT2D eigenvalue weighted by atomic mass is 9.89. The minimum atomic E-state index is -0.301. The first kappa shape index (κ1) is 23.5. The normalized spacial score (nSPS) is 14.1. The zero-order valence-corrected chi connectivity index (χ0v) is 19.6. The summed E-state index contributed by atoms with van der Waals surface area (Å²) >= 11 is 0. The number of benzene rings is 1. The van der Waals surface area contributed by atoms with Gasteiger partial charge in [0.1, 0.15) is 23.9 Å². The van der Waals surface area contributed by atoms with Crippen LogP contribution in [0.2, 0.25) is 0 Å². The molecule has 0 saturated carbocycles. The first-order valence-corrected chi connectivity index (χ1v) is 11.2. The third-order valence-electron chi connectivity index (χ3n) is 6.05. The highest BCUT2D eigenvalue weighted by Gasteiger charge is 2.27. The fourth-order valence-electron chi connectivity index (χ4n) is 4.14. The number of hydrogen-bond acceptors (Lipinski definition) is 6. The van der Waals surface area contributed by atoms with E-state index in [0.29, 0.717) is 30.3 Å². The number of rotatable bonds is 7. The Balaban J connectivity index is 1.40. The van der Waals surface area contributed by atoms with Crippen molar-refractivity contribution < 1.29 is 23.4 Å². The molecule has 8 heteroatoms. The molecule has 0 aliphatic carbocycles. The highest BCUT2D eigenvalue weighted by molar-refractivity contribution is 5.93. The maximum absolute atomic E-state index is 13.1. The molecule has 1 fully saturated rings. The Morgan fingerprint density at radius 1 is 1.00 bits per heavy atom. The van der Waals surface area contributed by atoms with Gasteiger partial charge in [-0.3, -0.25) is 9.78 Å². The average Bonchev–Trinajstić information content (AvgIpc) is 2.88. The number of likely N-dealkylation sites (tertiary alicyclic amines) is 1. The van der Waals surface area contributed by atoms with E-state index < -0.39 is 0 Å². The molecule has 1 aliphatic rings. The summed E-state index contributed by atoms with van der Waals surface area (Å²) in [6, 6.07) is 9.61. The third kappa shape index (κ3) is 5.27. The molecule has 0 radical (unpaired) electrons. The summed E-state index contributed by atoms with van der Waals surface area (Å²) in [5.74, 6) is 1.53. The minimum absolute atomic E-state index is 0.143. The summed E-state index contributed by atoms with van der Waals surface area (Å²) < 4.78 is 29.8. The van der Waals surface area contributed by atoms with Crippen LogP contribution in [0, 0.1) is 12.7 Å². The lowest BCUT2D eigenvalue weighted by Gasteiger charge is -2.32. The van der Waals surface area contributed by atoms with Crippen LogP contribution < -0.4 is 14.2 Å². The van der Waals surface area contributed by atoms with Crippen molar-refractivity contribution in [1.29, 1.82) is 0 Å². The SMILES string of the molecule is COc1cc(C(=O)N2CCC(c3cnc(C)cc3OC)CC2)ncc1OCc1ccc(F)cc1. The summed E-state index contributed by atoms with van der Waals surface area (Å²) in [6.07, 6.45) is 5.02. The molecular formula is C26H28FN3O4. The number of carbonyl (C=O) groups excluding carboxylic acids is 1. The summed E-state index contributed by atoms with van der Waals surface area (Å²) in [6.45, 7) is 3.41.